The smallest absolute Gasteiger partial charge is 0.303 e. The third kappa shape index (κ3) is 9.21. The van der Waals surface area contributed by atoms with Crippen molar-refractivity contribution < 1.29 is 35.8 Å². The molecule has 0 atom stereocenters. The molecule has 0 amide bonds. The molecule has 47 heavy (non-hydrogen) atoms. The molecule has 3 N–H and O–H groups in total. The fourth-order valence-corrected chi connectivity index (χ4v) is 7.17. The van der Waals surface area contributed by atoms with Crippen molar-refractivity contribution >= 4 is 83.9 Å². The number of carboxylic acids is 1. The lowest BCUT2D eigenvalue weighted by atomic mass is 9.81. The molecule has 14 heteroatoms. The standard InChI is InChI=1S/C33H36Cl2N2O8S2/c1-33(2)26-19-22(34)20-27(35)32(26)36-30(33)13-7-4-6-12-28-24(11-5-3-8-14-31(38)39)25-21-23(47(43,44)45)15-16-29(25)37(28)17-9-10-18-46(40,41)42/h4,6-7,11-13,15-16,19-21H,3,5,8-10,14,17-18H2,1-2H3,(H,38,39)(H,40,41,42)(H,43,44,45)/b6-4?,13-7?,24-11+,28-12?. The third-order valence-electron chi connectivity index (χ3n) is 7.95. The summed E-state index contributed by atoms with van der Waals surface area (Å²) in [4.78, 5) is 15.4. The van der Waals surface area contributed by atoms with Gasteiger partial charge in [0.25, 0.3) is 20.2 Å². The van der Waals surface area contributed by atoms with Crippen molar-refractivity contribution in [3.05, 3.63) is 80.8 Å². The summed E-state index contributed by atoms with van der Waals surface area (Å²) < 4.78 is 67.4. The Labute approximate surface area is 283 Å². The minimum atomic E-state index is -4.50. The molecule has 2 heterocycles. The second kappa shape index (κ2) is 14.9. The average Bonchev–Trinajstić information content (AvgIpc) is 3.39. The number of aryl methyl sites for hydroxylation is 1. The summed E-state index contributed by atoms with van der Waals surface area (Å²) >= 11 is 12.6. The lowest BCUT2D eigenvalue weighted by Crippen LogP contribution is -2.29. The van der Waals surface area contributed by atoms with Gasteiger partial charge in [-0.25, -0.2) is 0 Å². The van der Waals surface area contributed by atoms with Gasteiger partial charge in [0, 0.05) is 44.9 Å². The van der Waals surface area contributed by atoms with Crippen LogP contribution in [0.2, 0.25) is 10.0 Å². The molecule has 2 aromatic carbocycles. The van der Waals surface area contributed by atoms with Crippen LogP contribution in [0.3, 0.4) is 0 Å². The number of hydrogen-bond donors (Lipinski definition) is 3. The van der Waals surface area contributed by atoms with Gasteiger partial charge in [0.1, 0.15) is 0 Å². The summed E-state index contributed by atoms with van der Waals surface area (Å²) in [7, 11) is -8.63. The first-order chi connectivity index (χ1) is 22.0. The zero-order valence-electron chi connectivity index (χ0n) is 25.9. The molecule has 252 valence electrons. The third-order valence-corrected chi connectivity index (χ3v) is 10.1. The highest BCUT2D eigenvalue weighted by molar-refractivity contribution is 7.86. The number of halogens is 2. The SMILES string of the molecule is CC1(C)C(C=CC=CC=c2/c(=C/CCCCC(=O)O)c3cc(S(=O)(=O)O)ccc3n2CCCCS(=O)(=O)O)=Nc2c(Cl)cc(Cl)cc21. The minimum Gasteiger partial charge on any atom is -0.481 e. The Morgan fingerprint density at radius 2 is 1.72 bits per heavy atom. The van der Waals surface area contributed by atoms with E-state index in [-0.39, 0.29) is 17.7 Å². The normalized spacial score (nSPS) is 15.7. The molecule has 0 saturated carbocycles. The first kappa shape index (κ1) is 36.6. The van der Waals surface area contributed by atoms with Crippen molar-refractivity contribution in [2.75, 3.05) is 5.75 Å². The molecule has 0 saturated heterocycles. The van der Waals surface area contributed by atoms with E-state index in [0.717, 1.165) is 11.3 Å². The number of carbonyl (C=O) groups is 1. The maximum Gasteiger partial charge on any atom is 0.303 e. The maximum absolute atomic E-state index is 12.0. The molecule has 4 rings (SSSR count). The summed E-state index contributed by atoms with van der Waals surface area (Å²) in [5.41, 5.74) is 2.63. The molecule has 0 fully saturated rings. The molecule has 1 aliphatic heterocycles. The van der Waals surface area contributed by atoms with Gasteiger partial charge in [-0.1, -0.05) is 61.4 Å². The number of unbranched alkanes of at least 4 members (excludes halogenated alkanes) is 3. The Bertz CT molecular complexity index is 2130. The van der Waals surface area contributed by atoms with Crippen LogP contribution < -0.4 is 10.6 Å². The van der Waals surface area contributed by atoms with Crippen LogP contribution in [0.1, 0.15) is 57.9 Å². The summed E-state index contributed by atoms with van der Waals surface area (Å²) in [5, 5.41) is 12.0. The number of aromatic nitrogens is 1. The zero-order chi connectivity index (χ0) is 34.6. The molecular formula is C33H36Cl2N2O8S2. The van der Waals surface area contributed by atoms with Crippen molar-refractivity contribution in [2.24, 2.45) is 4.99 Å². The summed E-state index contributed by atoms with van der Waals surface area (Å²) in [5.74, 6) is -1.29. The lowest BCUT2D eigenvalue weighted by Gasteiger charge is -2.20. The number of rotatable bonds is 14. The van der Waals surface area contributed by atoms with Gasteiger partial charge in [-0.2, -0.15) is 16.8 Å². The van der Waals surface area contributed by atoms with Crippen LogP contribution in [-0.4, -0.2) is 53.0 Å². The molecule has 0 radical (unpaired) electrons. The fourth-order valence-electron chi connectivity index (χ4n) is 5.55. The fraction of sp³-hybridized carbons (Fsp3) is 0.333. The van der Waals surface area contributed by atoms with E-state index in [9.17, 15) is 30.7 Å². The molecule has 1 aliphatic rings. The van der Waals surface area contributed by atoms with Crippen LogP contribution in [0.4, 0.5) is 5.69 Å². The Morgan fingerprint density at radius 3 is 2.40 bits per heavy atom. The van der Waals surface area contributed by atoms with Gasteiger partial charge in [0.2, 0.25) is 0 Å². The predicted octanol–water partition coefficient (Wildman–Crippen LogP) is 6.25. The van der Waals surface area contributed by atoms with E-state index in [2.05, 4.69) is 0 Å². The molecular weight excluding hydrogens is 687 g/mol. The van der Waals surface area contributed by atoms with Crippen molar-refractivity contribution in [2.45, 2.75) is 69.2 Å². The number of aliphatic imine (C=N–C) groups is 1. The van der Waals surface area contributed by atoms with E-state index >= 15 is 0 Å². The van der Waals surface area contributed by atoms with E-state index < -0.39 is 37.4 Å². The van der Waals surface area contributed by atoms with Crippen molar-refractivity contribution in [3.8, 4) is 0 Å². The minimum absolute atomic E-state index is 0.0246. The first-order valence-corrected chi connectivity index (χ1v) is 18.7. The topological polar surface area (TPSA) is 163 Å². The summed E-state index contributed by atoms with van der Waals surface area (Å²) in [6.45, 7) is 4.42. The van der Waals surface area contributed by atoms with E-state index in [1.54, 1.807) is 12.1 Å². The highest BCUT2D eigenvalue weighted by Gasteiger charge is 2.35. The Morgan fingerprint density at radius 1 is 0.979 bits per heavy atom. The summed E-state index contributed by atoms with van der Waals surface area (Å²) in [6, 6.07) is 7.79. The van der Waals surface area contributed by atoms with Crippen molar-refractivity contribution in [3.63, 3.8) is 0 Å². The highest BCUT2D eigenvalue weighted by Crippen LogP contribution is 2.45. The van der Waals surface area contributed by atoms with Gasteiger partial charge in [0.15, 0.2) is 0 Å². The summed E-state index contributed by atoms with van der Waals surface area (Å²) in [6.07, 6.45) is 13.3. The Hall–Kier alpha value is -3.26. The van der Waals surface area contributed by atoms with Gasteiger partial charge in [-0.05, 0) is 80.2 Å². The average molecular weight is 724 g/mol. The molecule has 1 aromatic heterocycles. The predicted molar refractivity (Wildman–Crippen MR) is 187 cm³/mol. The van der Waals surface area contributed by atoms with Crippen LogP contribution in [0.5, 0.6) is 0 Å². The van der Waals surface area contributed by atoms with Crippen LogP contribution >= 0.6 is 23.2 Å². The number of benzene rings is 2. The molecule has 0 unspecified atom stereocenters. The zero-order valence-corrected chi connectivity index (χ0v) is 29.0. The van der Waals surface area contributed by atoms with Crippen molar-refractivity contribution in [1.82, 2.24) is 4.57 Å². The van der Waals surface area contributed by atoms with E-state index in [1.165, 1.54) is 12.1 Å². The highest BCUT2D eigenvalue weighted by atomic mass is 35.5. The van der Waals surface area contributed by atoms with Gasteiger partial charge >= 0.3 is 5.97 Å². The van der Waals surface area contributed by atoms with Crippen molar-refractivity contribution in [1.29, 1.82) is 0 Å². The van der Waals surface area contributed by atoms with E-state index in [4.69, 9.17) is 33.3 Å². The quantitative estimate of drug-likeness (QED) is 0.1000. The van der Waals surface area contributed by atoms with Gasteiger partial charge in [-0.15, -0.1) is 0 Å². The molecule has 0 bridgehead atoms. The number of hydrogen-bond acceptors (Lipinski definition) is 6. The first-order valence-electron chi connectivity index (χ1n) is 14.9. The second-order valence-corrected chi connectivity index (χ2v) is 15.6. The van der Waals surface area contributed by atoms with Gasteiger partial charge in [0.05, 0.1) is 27.1 Å². The largest absolute Gasteiger partial charge is 0.481 e. The van der Waals surface area contributed by atoms with Crippen LogP contribution in [0, 0.1) is 0 Å². The maximum atomic E-state index is 12.0. The number of allylic oxidation sites excluding steroid dienone is 4. The molecule has 10 nitrogen and oxygen atoms in total. The molecule has 3 aromatic rings. The second-order valence-electron chi connectivity index (χ2n) is 11.8. The lowest BCUT2D eigenvalue weighted by molar-refractivity contribution is -0.137. The van der Waals surface area contributed by atoms with Crippen LogP contribution in [-0.2, 0) is 37.0 Å². The number of carboxylic acid groups (broad SMARTS) is 1. The van der Waals surface area contributed by atoms with Gasteiger partial charge in [-0.3, -0.25) is 18.9 Å². The molecule has 0 spiro atoms. The number of fused-ring (bicyclic) bond motifs is 2. The monoisotopic (exact) mass is 722 g/mol. The van der Waals surface area contributed by atoms with Crippen LogP contribution in [0.15, 0.2) is 64.5 Å². The van der Waals surface area contributed by atoms with E-state index in [0.29, 0.717) is 69.4 Å². The molecule has 0 aliphatic carbocycles. The van der Waals surface area contributed by atoms with Gasteiger partial charge < -0.3 is 9.67 Å². The van der Waals surface area contributed by atoms with E-state index in [1.807, 2.05) is 60.9 Å². The van der Waals surface area contributed by atoms with Crippen LogP contribution in [0.25, 0.3) is 23.1 Å². The number of nitrogens with zero attached hydrogens (tertiary/aromatic N) is 2. The Balaban J connectivity index is 1.76. The number of aliphatic carboxylic acids is 1. The Kier molecular flexibility index (Phi) is 11.6.